The van der Waals surface area contributed by atoms with Crippen LogP contribution in [-0.4, -0.2) is 46.0 Å². The number of hydrogen-bond donors (Lipinski definition) is 2. The predicted molar refractivity (Wildman–Crippen MR) is 127 cm³/mol. The van der Waals surface area contributed by atoms with Crippen LogP contribution in [0.2, 0.25) is 0 Å². The minimum Gasteiger partial charge on any atom is -0.444 e. The summed E-state index contributed by atoms with van der Waals surface area (Å²) in [6.07, 6.45) is -0.0237. The fourth-order valence-electron chi connectivity index (χ4n) is 3.28. The first-order chi connectivity index (χ1) is 14.6. The zero-order valence-corrected chi connectivity index (χ0v) is 21.3. The predicted octanol–water partition coefficient (Wildman–Crippen LogP) is 4.49. The van der Waals surface area contributed by atoms with Crippen molar-refractivity contribution in [1.82, 2.24) is 15.5 Å². The summed E-state index contributed by atoms with van der Waals surface area (Å²) in [4.78, 5) is 40.9. The van der Waals surface area contributed by atoms with E-state index in [1.54, 1.807) is 32.6 Å². The van der Waals surface area contributed by atoms with Crippen LogP contribution in [-0.2, 0) is 14.3 Å². The Kier molecular flexibility index (Phi) is 9.30. The van der Waals surface area contributed by atoms with Crippen molar-refractivity contribution < 1.29 is 19.1 Å². The Labute approximate surface area is 193 Å². The highest BCUT2D eigenvalue weighted by atomic mass is 16.6. The molecule has 0 spiro atoms. The molecule has 0 bridgehead atoms. The molecule has 0 saturated carbocycles. The van der Waals surface area contributed by atoms with Crippen LogP contribution in [0.1, 0.15) is 85.9 Å². The molecular weight excluding hydrogens is 406 g/mol. The normalized spacial score (nSPS) is 14.7. The molecule has 3 atom stereocenters. The van der Waals surface area contributed by atoms with Gasteiger partial charge < -0.3 is 20.3 Å². The number of carbonyl (C=O) groups excluding carboxylic acids is 3. The van der Waals surface area contributed by atoms with Crippen molar-refractivity contribution in [2.24, 2.45) is 0 Å². The van der Waals surface area contributed by atoms with Gasteiger partial charge in [0.2, 0.25) is 11.8 Å². The topological polar surface area (TPSA) is 87.7 Å². The lowest BCUT2D eigenvalue weighted by Crippen LogP contribution is -2.56. The third-order valence-corrected chi connectivity index (χ3v) is 4.81. The SMILES string of the molecule is CCC(C)N(C(=O)C(C)NC(=O)OC(C)(C)C)C(C(=O)NC(C)(C)C)c1cccc(C)c1. The van der Waals surface area contributed by atoms with Gasteiger partial charge >= 0.3 is 6.09 Å². The molecule has 7 heteroatoms. The second kappa shape index (κ2) is 10.8. The molecule has 180 valence electrons. The van der Waals surface area contributed by atoms with E-state index >= 15 is 0 Å². The van der Waals surface area contributed by atoms with Gasteiger partial charge in [-0.25, -0.2) is 4.79 Å². The number of alkyl carbamates (subject to hydrolysis) is 1. The Morgan fingerprint density at radius 3 is 2.12 bits per heavy atom. The number of aryl methyl sites for hydroxylation is 1. The molecule has 7 nitrogen and oxygen atoms in total. The smallest absolute Gasteiger partial charge is 0.408 e. The van der Waals surface area contributed by atoms with Crippen molar-refractivity contribution in [3.8, 4) is 0 Å². The quantitative estimate of drug-likeness (QED) is 0.645. The van der Waals surface area contributed by atoms with Crippen molar-refractivity contribution in [2.45, 2.75) is 105 Å². The van der Waals surface area contributed by atoms with Gasteiger partial charge in [0.1, 0.15) is 17.7 Å². The zero-order chi connectivity index (χ0) is 24.9. The number of nitrogens with zero attached hydrogens (tertiary/aromatic N) is 1. The summed E-state index contributed by atoms with van der Waals surface area (Å²) < 4.78 is 5.30. The van der Waals surface area contributed by atoms with Crippen LogP contribution in [0.4, 0.5) is 4.79 Å². The number of amides is 3. The average molecular weight is 448 g/mol. The Bertz CT molecular complexity index is 808. The fourth-order valence-corrected chi connectivity index (χ4v) is 3.28. The maximum atomic E-state index is 13.6. The first kappa shape index (κ1) is 27.5. The van der Waals surface area contributed by atoms with Crippen molar-refractivity contribution in [3.05, 3.63) is 35.4 Å². The van der Waals surface area contributed by atoms with Gasteiger partial charge in [0.25, 0.3) is 0 Å². The summed E-state index contributed by atoms with van der Waals surface area (Å²) in [7, 11) is 0. The zero-order valence-electron chi connectivity index (χ0n) is 21.3. The van der Waals surface area contributed by atoms with Crippen molar-refractivity contribution in [3.63, 3.8) is 0 Å². The highest BCUT2D eigenvalue weighted by Crippen LogP contribution is 2.27. The third-order valence-electron chi connectivity index (χ3n) is 4.81. The van der Waals surface area contributed by atoms with Crippen LogP contribution in [0, 0.1) is 6.92 Å². The van der Waals surface area contributed by atoms with Gasteiger partial charge in [-0.2, -0.15) is 0 Å². The van der Waals surface area contributed by atoms with Gasteiger partial charge in [0, 0.05) is 11.6 Å². The first-order valence-electron chi connectivity index (χ1n) is 11.3. The van der Waals surface area contributed by atoms with Crippen LogP contribution >= 0.6 is 0 Å². The van der Waals surface area contributed by atoms with Gasteiger partial charge in [-0.05, 0) is 74.3 Å². The number of benzene rings is 1. The average Bonchev–Trinajstić information content (AvgIpc) is 2.61. The van der Waals surface area contributed by atoms with Gasteiger partial charge in [-0.15, -0.1) is 0 Å². The summed E-state index contributed by atoms with van der Waals surface area (Å²) in [6, 6.07) is 5.67. The van der Waals surface area contributed by atoms with E-state index < -0.39 is 29.3 Å². The molecule has 0 aliphatic carbocycles. The lowest BCUT2D eigenvalue weighted by Gasteiger charge is -2.38. The lowest BCUT2D eigenvalue weighted by molar-refractivity contribution is -0.145. The second-order valence-corrected chi connectivity index (χ2v) is 10.4. The van der Waals surface area contributed by atoms with Crippen LogP contribution in [0.25, 0.3) is 0 Å². The molecule has 0 radical (unpaired) electrons. The van der Waals surface area contributed by atoms with E-state index in [9.17, 15) is 14.4 Å². The van der Waals surface area contributed by atoms with Crippen LogP contribution in [0.3, 0.4) is 0 Å². The summed E-state index contributed by atoms with van der Waals surface area (Å²) in [5.74, 6) is -0.609. The molecule has 3 amide bonds. The molecule has 1 rings (SSSR count). The Morgan fingerprint density at radius 1 is 1.06 bits per heavy atom. The molecular formula is C25H41N3O4. The lowest BCUT2D eigenvalue weighted by atomic mass is 9.97. The van der Waals surface area contributed by atoms with E-state index in [4.69, 9.17) is 4.74 Å². The largest absolute Gasteiger partial charge is 0.444 e. The molecule has 0 aliphatic rings. The number of hydrogen-bond acceptors (Lipinski definition) is 4. The van der Waals surface area contributed by atoms with Crippen LogP contribution < -0.4 is 10.6 Å². The Morgan fingerprint density at radius 2 is 1.66 bits per heavy atom. The molecule has 0 fully saturated rings. The number of nitrogens with one attached hydrogen (secondary N) is 2. The molecule has 0 aliphatic heterocycles. The number of carbonyl (C=O) groups is 3. The minimum absolute atomic E-state index is 0.235. The van der Waals surface area contributed by atoms with Gasteiger partial charge in [-0.3, -0.25) is 9.59 Å². The number of ether oxygens (including phenoxy) is 1. The monoisotopic (exact) mass is 447 g/mol. The minimum atomic E-state index is -0.867. The Balaban J connectivity index is 3.38. The van der Waals surface area contributed by atoms with Gasteiger partial charge in [0.15, 0.2) is 0 Å². The molecule has 0 aromatic heterocycles. The first-order valence-corrected chi connectivity index (χ1v) is 11.3. The molecule has 1 aromatic carbocycles. The molecule has 3 unspecified atom stereocenters. The fraction of sp³-hybridized carbons (Fsp3) is 0.640. The standard InChI is InChI=1S/C25H41N3O4/c1-11-17(3)28(22(30)18(4)26-23(31)32-25(8,9)10)20(21(29)27-24(5,6)7)19-14-12-13-16(2)15-19/h12-15,17-18,20H,11H2,1-10H3,(H,26,31)(H,27,29). The van der Waals surface area contributed by atoms with Crippen LogP contribution in [0.5, 0.6) is 0 Å². The van der Waals surface area contributed by atoms with E-state index in [-0.39, 0.29) is 17.9 Å². The van der Waals surface area contributed by atoms with E-state index in [0.717, 1.165) is 11.1 Å². The molecule has 1 aromatic rings. The summed E-state index contributed by atoms with van der Waals surface area (Å²) >= 11 is 0. The van der Waals surface area contributed by atoms with Gasteiger partial charge in [0.05, 0.1) is 0 Å². The maximum absolute atomic E-state index is 13.6. The summed E-state index contributed by atoms with van der Waals surface area (Å²) in [6.45, 7) is 18.4. The van der Waals surface area contributed by atoms with Gasteiger partial charge in [-0.1, -0.05) is 36.8 Å². The molecule has 0 saturated heterocycles. The molecule has 0 heterocycles. The molecule has 2 N–H and O–H groups in total. The molecule has 32 heavy (non-hydrogen) atoms. The third kappa shape index (κ3) is 8.52. The number of rotatable bonds is 7. The van der Waals surface area contributed by atoms with E-state index in [2.05, 4.69) is 10.6 Å². The van der Waals surface area contributed by atoms with Crippen molar-refractivity contribution in [2.75, 3.05) is 0 Å². The Hall–Kier alpha value is -2.57. The summed E-state index contributed by atoms with van der Waals surface area (Å²) in [5, 5.41) is 5.63. The van der Waals surface area contributed by atoms with E-state index in [1.165, 1.54) is 0 Å². The summed E-state index contributed by atoms with van der Waals surface area (Å²) in [5.41, 5.74) is 0.571. The second-order valence-electron chi connectivity index (χ2n) is 10.4. The van der Waals surface area contributed by atoms with Crippen molar-refractivity contribution >= 4 is 17.9 Å². The van der Waals surface area contributed by atoms with Crippen molar-refractivity contribution in [1.29, 1.82) is 0 Å². The van der Waals surface area contributed by atoms with Crippen LogP contribution in [0.15, 0.2) is 24.3 Å². The highest BCUT2D eigenvalue weighted by molar-refractivity contribution is 5.92. The highest BCUT2D eigenvalue weighted by Gasteiger charge is 2.38. The maximum Gasteiger partial charge on any atom is 0.408 e. The van der Waals surface area contributed by atoms with E-state index in [0.29, 0.717) is 6.42 Å². The van der Waals surface area contributed by atoms with E-state index in [1.807, 2.05) is 65.8 Å².